The van der Waals surface area contributed by atoms with E-state index in [9.17, 15) is 0 Å². The molecule has 0 aliphatic heterocycles. The summed E-state index contributed by atoms with van der Waals surface area (Å²) in [5, 5.41) is 10.6. The quantitative estimate of drug-likeness (QED) is 0.615. The third kappa shape index (κ3) is 0.813. The first-order chi connectivity index (χ1) is 5.42. The number of anilines is 1. The SMILES string of the molecule is CNc1n[nH]c2ncncc12. The zero-order valence-corrected chi connectivity index (χ0v) is 6.00. The Morgan fingerprint density at radius 1 is 1.55 bits per heavy atom. The highest BCUT2D eigenvalue weighted by Crippen LogP contribution is 2.14. The highest BCUT2D eigenvalue weighted by molar-refractivity contribution is 5.85. The van der Waals surface area contributed by atoms with E-state index in [0.29, 0.717) is 0 Å². The number of hydrogen-bond donors (Lipinski definition) is 2. The fraction of sp³-hybridized carbons (Fsp3) is 0.167. The summed E-state index contributed by atoms with van der Waals surface area (Å²) < 4.78 is 0. The van der Waals surface area contributed by atoms with Crippen LogP contribution in [0.4, 0.5) is 5.82 Å². The van der Waals surface area contributed by atoms with Crippen LogP contribution in [0.15, 0.2) is 12.5 Å². The largest absolute Gasteiger partial charge is 0.371 e. The number of rotatable bonds is 1. The van der Waals surface area contributed by atoms with Crippen LogP contribution in [0.25, 0.3) is 11.0 Å². The van der Waals surface area contributed by atoms with E-state index in [1.54, 1.807) is 6.20 Å². The molecule has 0 aliphatic carbocycles. The van der Waals surface area contributed by atoms with E-state index in [-0.39, 0.29) is 0 Å². The zero-order chi connectivity index (χ0) is 7.68. The van der Waals surface area contributed by atoms with Gasteiger partial charge in [0, 0.05) is 13.2 Å². The van der Waals surface area contributed by atoms with Gasteiger partial charge in [0.15, 0.2) is 11.5 Å². The lowest BCUT2D eigenvalue weighted by molar-refractivity contribution is 1.09. The van der Waals surface area contributed by atoms with Gasteiger partial charge in [0.05, 0.1) is 5.39 Å². The number of H-pyrrole nitrogens is 1. The maximum Gasteiger partial charge on any atom is 0.160 e. The number of nitrogens with zero attached hydrogens (tertiary/aromatic N) is 3. The van der Waals surface area contributed by atoms with E-state index in [1.807, 2.05) is 7.05 Å². The van der Waals surface area contributed by atoms with E-state index in [2.05, 4.69) is 25.5 Å². The maximum absolute atomic E-state index is 3.98. The van der Waals surface area contributed by atoms with Crippen LogP contribution in [0, 0.1) is 0 Å². The van der Waals surface area contributed by atoms with Gasteiger partial charge in [-0.1, -0.05) is 0 Å². The molecular weight excluding hydrogens is 142 g/mol. The van der Waals surface area contributed by atoms with Crippen LogP contribution in [0.1, 0.15) is 0 Å². The van der Waals surface area contributed by atoms with Crippen molar-refractivity contribution in [3.63, 3.8) is 0 Å². The normalized spacial score (nSPS) is 10.3. The molecule has 2 aromatic heterocycles. The molecule has 2 aromatic rings. The Kier molecular flexibility index (Phi) is 1.21. The summed E-state index contributed by atoms with van der Waals surface area (Å²) in [6, 6.07) is 0. The summed E-state index contributed by atoms with van der Waals surface area (Å²) in [6.07, 6.45) is 3.21. The number of nitrogens with one attached hydrogen (secondary N) is 2. The molecule has 2 N–H and O–H groups in total. The van der Waals surface area contributed by atoms with Crippen molar-refractivity contribution in [1.29, 1.82) is 0 Å². The first-order valence-electron chi connectivity index (χ1n) is 3.23. The minimum atomic E-state index is 0.754. The number of aromatic amines is 1. The van der Waals surface area contributed by atoms with Crippen LogP contribution in [0.5, 0.6) is 0 Å². The van der Waals surface area contributed by atoms with E-state index < -0.39 is 0 Å². The smallest absolute Gasteiger partial charge is 0.160 e. The molecule has 0 radical (unpaired) electrons. The van der Waals surface area contributed by atoms with Gasteiger partial charge in [0.25, 0.3) is 0 Å². The van der Waals surface area contributed by atoms with Gasteiger partial charge in [-0.15, -0.1) is 0 Å². The molecule has 0 bridgehead atoms. The van der Waals surface area contributed by atoms with Crippen molar-refractivity contribution in [1.82, 2.24) is 20.2 Å². The second kappa shape index (κ2) is 2.19. The predicted octanol–water partition coefficient (Wildman–Crippen LogP) is 0.395. The van der Waals surface area contributed by atoms with Gasteiger partial charge < -0.3 is 5.32 Å². The number of fused-ring (bicyclic) bond motifs is 1. The van der Waals surface area contributed by atoms with Gasteiger partial charge in [-0.2, -0.15) is 5.10 Å². The molecular formula is C6H7N5. The van der Waals surface area contributed by atoms with Gasteiger partial charge in [0.1, 0.15) is 6.33 Å². The Bertz CT molecular complexity index is 366. The summed E-state index contributed by atoms with van der Waals surface area (Å²) in [5.41, 5.74) is 0.754. The van der Waals surface area contributed by atoms with E-state index in [0.717, 1.165) is 16.9 Å². The second-order valence-electron chi connectivity index (χ2n) is 2.11. The summed E-state index contributed by atoms with van der Waals surface area (Å²) >= 11 is 0. The summed E-state index contributed by atoms with van der Waals surface area (Å²) in [4.78, 5) is 7.86. The van der Waals surface area contributed by atoms with Crippen molar-refractivity contribution in [2.24, 2.45) is 0 Å². The zero-order valence-electron chi connectivity index (χ0n) is 6.00. The minimum absolute atomic E-state index is 0.754. The summed E-state index contributed by atoms with van der Waals surface area (Å²) in [7, 11) is 1.81. The summed E-state index contributed by atoms with van der Waals surface area (Å²) in [5.74, 6) is 0.778. The van der Waals surface area contributed by atoms with Crippen LogP contribution >= 0.6 is 0 Å². The van der Waals surface area contributed by atoms with Crippen LogP contribution in [-0.2, 0) is 0 Å². The molecule has 11 heavy (non-hydrogen) atoms. The average Bonchev–Trinajstić information content (AvgIpc) is 2.47. The van der Waals surface area contributed by atoms with Crippen LogP contribution in [-0.4, -0.2) is 27.2 Å². The van der Waals surface area contributed by atoms with Gasteiger partial charge in [0.2, 0.25) is 0 Å². The van der Waals surface area contributed by atoms with Gasteiger partial charge in [-0.3, -0.25) is 5.10 Å². The Morgan fingerprint density at radius 3 is 3.27 bits per heavy atom. The van der Waals surface area contributed by atoms with E-state index in [1.165, 1.54) is 6.33 Å². The van der Waals surface area contributed by atoms with Crippen molar-refractivity contribution in [2.45, 2.75) is 0 Å². The minimum Gasteiger partial charge on any atom is -0.371 e. The third-order valence-electron chi connectivity index (χ3n) is 1.48. The molecule has 5 nitrogen and oxygen atoms in total. The molecule has 0 unspecified atom stereocenters. The third-order valence-corrected chi connectivity index (χ3v) is 1.48. The van der Waals surface area contributed by atoms with Crippen LogP contribution < -0.4 is 5.32 Å². The topological polar surface area (TPSA) is 66.5 Å². The van der Waals surface area contributed by atoms with Crippen molar-refractivity contribution < 1.29 is 0 Å². The molecule has 0 amide bonds. The highest BCUT2D eigenvalue weighted by Gasteiger charge is 2.02. The summed E-state index contributed by atoms with van der Waals surface area (Å²) in [6.45, 7) is 0. The molecule has 56 valence electrons. The first kappa shape index (κ1) is 6.09. The lowest BCUT2D eigenvalue weighted by atomic mass is 10.4. The predicted molar refractivity (Wildman–Crippen MR) is 41.2 cm³/mol. The molecule has 0 saturated heterocycles. The standard InChI is InChI=1S/C6H7N5/c1-7-5-4-2-8-3-9-6(4)11-10-5/h2-3H,1H3,(H2,7,8,9,10,11). The molecule has 0 aromatic carbocycles. The molecule has 0 atom stereocenters. The molecule has 5 heteroatoms. The monoisotopic (exact) mass is 149 g/mol. The van der Waals surface area contributed by atoms with Gasteiger partial charge >= 0.3 is 0 Å². The lowest BCUT2D eigenvalue weighted by Gasteiger charge is -1.90. The highest BCUT2D eigenvalue weighted by atomic mass is 15.2. The first-order valence-corrected chi connectivity index (χ1v) is 3.23. The van der Waals surface area contributed by atoms with Crippen molar-refractivity contribution in [3.8, 4) is 0 Å². The van der Waals surface area contributed by atoms with Crippen molar-refractivity contribution in [3.05, 3.63) is 12.5 Å². The Balaban J connectivity index is 2.76. The molecule has 0 saturated carbocycles. The fourth-order valence-electron chi connectivity index (χ4n) is 0.952. The molecule has 0 spiro atoms. The average molecular weight is 149 g/mol. The molecule has 0 aliphatic rings. The van der Waals surface area contributed by atoms with Crippen molar-refractivity contribution in [2.75, 3.05) is 12.4 Å². The van der Waals surface area contributed by atoms with Crippen molar-refractivity contribution >= 4 is 16.9 Å². The lowest BCUT2D eigenvalue weighted by Crippen LogP contribution is -1.87. The van der Waals surface area contributed by atoms with Gasteiger partial charge in [-0.25, -0.2) is 9.97 Å². The number of aromatic nitrogens is 4. The van der Waals surface area contributed by atoms with Gasteiger partial charge in [-0.05, 0) is 0 Å². The van der Waals surface area contributed by atoms with Crippen LogP contribution in [0.3, 0.4) is 0 Å². The van der Waals surface area contributed by atoms with E-state index in [4.69, 9.17) is 0 Å². The van der Waals surface area contributed by atoms with Crippen LogP contribution in [0.2, 0.25) is 0 Å². The Labute approximate surface area is 62.9 Å². The maximum atomic E-state index is 3.98. The Hall–Kier alpha value is -1.65. The number of hydrogen-bond acceptors (Lipinski definition) is 4. The Morgan fingerprint density at radius 2 is 2.45 bits per heavy atom. The molecule has 2 rings (SSSR count). The fourth-order valence-corrected chi connectivity index (χ4v) is 0.952. The molecule has 2 heterocycles. The van der Waals surface area contributed by atoms with E-state index >= 15 is 0 Å². The second-order valence-corrected chi connectivity index (χ2v) is 2.11. The molecule has 0 fully saturated rings.